The predicted octanol–water partition coefficient (Wildman–Crippen LogP) is 2.47. The number of hydrogen-bond acceptors (Lipinski definition) is 0. The van der Waals surface area contributed by atoms with E-state index in [0.717, 1.165) is 0 Å². The lowest BCUT2D eigenvalue weighted by atomic mass is 9.96. The molecule has 50 valence electrons. The van der Waals surface area contributed by atoms with Crippen LogP contribution in [0, 0.1) is 11.8 Å². The van der Waals surface area contributed by atoms with Crippen LogP contribution < -0.4 is 0 Å². The van der Waals surface area contributed by atoms with Crippen molar-refractivity contribution in [3.8, 4) is 0 Å². The molecule has 0 atom stereocenters. The van der Waals surface area contributed by atoms with Crippen LogP contribution in [-0.2, 0) is 0 Å². The van der Waals surface area contributed by atoms with Gasteiger partial charge in [0.2, 0.25) is 0 Å². The Kier molecular flexibility index (Phi) is 1.31. The van der Waals surface area contributed by atoms with Gasteiger partial charge in [0.1, 0.15) is 0 Å². The highest BCUT2D eigenvalue weighted by atomic mass is 14.2. The van der Waals surface area contributed by atoms with Crippen LogP contribution in [0.3, 0.4) is 0 Å². The normalized spacial score (nSPS) is 23.6. The maximum Gasteiger partial charge on any atom is 0.00506 e. The molecule has 10 heavy (non-hydrogen) atoms. The molecule has 0 unspecified atom stereocenters. The fraction of sp³-hybridized carbons (Fsp3) is 0.200. The first-order valence-electron chi connectivity index (χ1n) is 3.67. The minimum absolute atomic E-state index is 0.620. The van der Waals surface area contributed by atoms with Crippen molar-refractivity contribution in [1.29, 1.82) is 0 Å². The molecule has 0 aliphatic heterocycles. The summed E-state index contributed by atoms with van der Waals surface area (Å²) >= 11 is 0. The average Bonchev–Trinajstić information content (AvgIpc) is 2.59. The minimum Gasteiger partial charge on any atom is -0.0767 e. The highest BCUT2D eigenvalue weighted by Crippen LogP contribution is 2.24. The molecule has 0 bridgehead atoms. The smallest absolute Gasteiger partial charge is 0.00506 e. The molecule has 0 heterocycles. The zero-order valence-corrected chi connectivity index (χ0v) is 5.77. The van der Waals surface area contributed by atoms with Crippen LogP contribution in [0.4, 0.5) is 0 Å². The van der Waals surface area contributed by atoms with Crippen LogP contribution in [0.15, 0.2) is 48.6 Å². The zero-order valence-electron chi connectivity index (χ0n) is 5.77. The van der Waals surface area contributed by atoms with Crippen molar-refractivity contribution < 1.29 is 0 Å². The fourth-order valence-electron chi connectivity index (χ4n) is 1.41. The summed E-state index contributed by atoms with van der Waals surface area (Å²) in [5, 5.41) is 0. The lowest BCUT2D eigenvalue weighted by Gasteiger charge is -2.08. The lowest BCUT2D eigenvalue weighted by Crippen LogP contribution is -2.00. The molecule has 2 aliphatic rings. The monoisotopic (exact) mass is 130 g/mol. The molecule has 0 nitrogen and oxygen atoms in total. The van der Waals surface area contributed by atoms with Gasteiger partial charge in [0, 0.05) is 11.8 Å². The first kappa shape index (κ1) is 5.72. The van der Waals surface area contributed by atoms with E-state index in [1.807, 2.05) is 0 Å². The van der Waals surface area contributed by atoms with Gasteiger partial charge in [0.25, 0.3) is 0 Å². The van der Waals surface area contributed by atoms with E-state index in [9.17, 15) is 0 Å². The SMILES string of the molecule is C1=CC(C2C=CC=C2)C=C1. The summed E-state index contributed by atoms with van der Waals surface area (Å²) in [5.41, 5.74) is 0. The highest BCUT2D eigenvalue weighted by molar-refractivity contribution is 5.27. The van der Waals surface area contributed by atoms with Crippen LogP contribution >= 0.6 is 0 Å². The average molecular weight is 130 g/mol. The van der Waals surface area contributed by atoms with Gasteiger partial charge in [0.05, 0.1) is 0 Å². The molecular formula is C10H10. The van der Waals surface area contributed by atoms with Gasteiger partial charge in [-0.3, -0.25) is 0 Å². The van der Waals surface area contributed by atoms with Crippen LogP contribution in [0.2, 0.25) is 0 Å². The van der Waals surface area contributed by atoms with Crippen molar-refractivity contribution in [2.75, 3.05) is 0 Å². The molecule has 0 spiro atoms. The van der Waals surface area contributed by atoms with Gasteiger partial charge in [-0.2, -0.15) is 0 Å². The van der Waals surface area contributed by atoms with Gasteiger partial charge in [-0.25, -0.2) is 0 Å². The molecule has 0 aromatic carbocycles. The van der Waals surface area contributed by atoms with E-state index in [0.29, 0.717) is 11.8 Å². The van der Waals surface area contributed by atoms with Crippen LogP contribution in [0.5, 0.6) is 0 Å². The minimum atomic E-state index is 0.620. The largest absolute Gasteiger partial charge is 0.0767 e. The second-order valence-corrected chi connectivity index (χ2v) is 2.69. The quantitative estimate of drug-likeness (QED) is 0.511. The van der Waals surface area contributed by atoms with Crippen LogP contribution in [0.1, 0.15) is 0 Å². The first-order valence-corrected chi connectivity index (χ1v) is 3.67. The summed E-state index contributed by atoms with van der Waals surface area (Å²) < 4.78 is 0. The molecule has 0 aromatic rings. The topological polar surface area (TPSA) is 0 Å². The molecule has 0 saturated heterocycles. The summed E-state index contributed by atoms with van der Waals surface area (Å²) in [6, 6.07) is 0. The van der Waals surface area contributed by atoms with E-state index in [1.165, 1.54) is 0 Å². The third-order valence-corrected chi connectivity index (χ3v) is 2.00. The Hall–Kier alpha value is -1.04. The molecule has 2 rings (SSSR count). The Morgan fingerprint density at radius 2 is 0.800 bits per heavy atom. The Bertz CT molecular complexity index is 178. The Balaban J connectivity index is 2.12. The first-order chi connectivity index (χ1) is 4.97. The lowest BCUT2D eigenvalue weighted by molar-refractivity contribution is 0.691. The van der Waals surface area contributed by atoms with Gasteiger partial charge >= 0.3 is 0 Å². The molecule has 0 amide bonds. The zero-order chi connectivity index (χ0) is 6.81. The van der Waals surface area contributed by atoms with Crippen molar-refractivity contribution in [3.05, 3.63) is 48.6 Å². The fourth-order valence-corrected chi connectivity index (χ4v) is 1.41. The van der Waals surface area contributed by atoms with Gasteiger partial charge in [-0.05, 0) is 0 Å². The third-order valence-electron chi connectivity index (χ3n) is 2.00. The van der Waals surface area contributed by atoms with Crippen molar-refractivity contribution in [2.24, 2.45) is 11.8 Å². The van der Waals surface area contributed by atoms with Crippen molar-refractivity contribution >= 4 is 0 Å². The van der Waals surface area contributed by atoms with Gasteiger partial charge in [0.15, 0.2) is 0 Å². The summed E-state index contributed by atoms with van der Waals surface area (Å²) in [6.45, 7) is 0. The van der Waals surface area contributed by atoms with Crippen LogP contribution in [0.25, 0.3) is 0 Å². The van der Waals surface area contributed by atoms with Gasteiger partial charge in [-0.15, -0.1) is 0 Å². The van der Waals surface area contributed by atoms with E-state index < -0.39 is 0 Å². The molecule has 2 aliphatic carbocycles. The maximum absolute atomic E-state index is 2.24. The van der Waals surface area contributed by atoms with Crippen LogP contribution in [-0.4, -0.2) is 0 Å². The summed E-state index contributed by atoms with van der Waals surface area (Å²) in [5.74, 6) is 1.24. The van der Waals surface area contributed by atoms with E-state index in [1.54, 1.807) is 0 Å². The highest BCUT2D eigenvalue weighted by Gasteiger charge is 2.13. The Morgan fingerprint density at radius 3 is 1.10 bits per heavy atom. The molecule has 0 saturated carbocycles. The molecular weight excluding hydrogens is 120 g/mol. The van der Waals surface area contributed by atoms with Crippen molar-refractivity contribution in [3.63, 3.8) is 0 Å². The molecule has 0 heteroatoms. The Morgan fingerprint density at radius 1 is 0.500 bits per heavy atom. The summed E-state index contributed by atoms with van der Waals surface area (Å²) in [4.78, 5) is 0. The second-order valence-electron chi connectivity index (χ2n) is 2.69. The number of allylic oxidation sites excluding steroid dienone is 8. The third kappa shape index (κ3) is 0.860. The molecule has 0 aromatic heterocycles. The van der Waals surface area contributed by atoms with Crippen molar-refractivity contribution in [1.82, 2.24) is 0 Å². The molecule has 0 N–H and O–H groups in total. The maximum atomic E-state index is 2.24. The molecule has 0 fully saturated rings. The Labute approximate surface area is 61.3 Å². The molecule has 0 radical (unpaired) electrons. The van der Waals surface area contributed by atoms with E-state index >= 15 is 0 Å². The number of hydrogen-bond donors (Lipinski definition) is 0. The van der Waals surface area contributed by atoms with Gasteiger partial charge in [-0.1, -0.05) is 48.6 Å². The predicted molar refractivity (Wildman–Crippen MR) is 43.5 cm³/mol. The van der Waals surface area contributed by atoms with Gasteiger partial charge < -0.3 is 0 Å². The standard InChI is InChI=1S/C10H10/c1-2-6-9(5-1)10-7-3-4-8-10/h1-10H. The van der Waals surface area contributed by atoms with E-state index in [4.69, 9.17) is 0 Å². The van der Waals surface area contributed by atoms with E-state index in [2.05, 4.69) is 48.6 Å². The summed E-state index contributed by atoms with van der Waals surface area (Å²) in [6.07, 6.45) is 17.4. The summed E-state index contributed by atoms with van der Waals surface area (Å²) in [7, 11) is 0. The van der Waals surface area contributed by atoms with E-state index in [-0.39, 0.29) is 0 Å². The van der Waals surface area contributed by atoms with Crippen molar-refractivity contribution in [2.45, 2.75) is 0 Å². The number of rotatable bonds is 1. The second kappa shape index (κ2) is 2.30.